The number of nitrogens with zero attached hydrogens (tertiary/aromatic N) is 1. The molecule has 1 saturated carbocycles. The number of sulfonamides is 1. The Morgan fingerprint density at radius 1 is 1.56 bits per heavy atom. The molecule has 0 spiro atoms. The minimum atomic E-state index is -3.59. The molecule has 5 nitrogen and oxygen atoms in total. The summed E-state index contributed by atoms with van der Waals surface area (Å²) < 4.78 is 25.5. The highest BCUT2D eigenvalue weighted by molar-refractivity contribution is 7.91. The molecule has 90 valence electrons. The van der Waals surface area contributed by atoms with Gasteiger partial charge in [0.05, 0.1) is 5.69 Å². The van der Waals surface area contributed by atoms with Crippen LogP contribution in [0.5, 0.6) is 5.75 Å². The minimum absolute atomic E-state index is 0.0561. The van der Waals surface area contributed by atoms with Crippen molar-refractivity contribution < 1.29 is 13.5 Å². The van der Waals surface area contributed by atoms with Crippen LogP contribution in [0.1, 0.15) is 19.3 Å². The van der Waals surface area contributed by atoms with Crippen molar-refractivity contribution in [1.82, 2.24) is 4.31 Å². The Balaban J connectivity index is 2.34. The Hall–Kier alpha value is -0.790. The summed E-state index contributed by atoms with van der Waals surface area (Å²) in [7, 11) is -2.04. The van der Waals surface area contributed by atoms with Crippen LogP contribution >= 0.6 is 11.3 Å². The van der Waals surface area contributed by atoms with Crippen molar-refractivity contribution in [2.24, 2.45) is 0 Å². The summed E-state index contributed by atoms with van der Waals surface area (Å²) in [5.74, 6) is -0.323. The summed E-state index contributed by atoms with van der Waals surface area (Å²) in [5, 5.41) is 11.0. The Morgan fingerprint density at radius 3 is 2.56 bits per heavy atom. The Morgan fingerprint density at radius 2 is 2.19 bits per heavy atom. The van der Waals surface area contributed by atoms with Gasteiger partial charge in [0.25, 0.3) is 10.0 Å². The topological polar surface area (TPSA) is 83.6 Å². The van der Waals surface area contributed by atoms with Crippen LogP contribution < -0.4 is 5.73 Å². The number of thiophene rings is 1. The van der Waals surface area contributed by atoms with E-state index < -0.39 is 10.0 Å². The zero-order valence-electron chi connectivity index (χ0n) is 8.88. The predicted molar refractivity (Wildman–Crippen MR) is 63.0 cm³/mol. The smallest absolute Gasteiger partial charge is 0.256 e. The van der Waals surface area contributed by atoms with E-state index in [0.717, 1.165) is 30.6 Å². The summed E-state index contributed by atoms with van der Waals surface area (Å²) >= 11 is 0.959. The summed E-state index contributed by atoms with van der Waals surface area (Å²) in [6.45, 7) is 0. The maximum Gasteiger partial charge on any atom is 0.256 e. The zero-order chi connectivity index (χ0) is 11.9. The van der Waals surface area contributed by atoms with Crippen molar-refractivity contribution in [1.29, 1.82) is 0 Å². The van der Waals surface area contributed by atoms with Gasteiger partial charge in [0.15, 0.2) is 9.96 Å². The normalized spacial score (nSPS) is 17.6. The summed E-state index contributed by atoms with van der Waals surface area (Å²) in [6, 6.07) is 0.0627. The first-order valence-corrected chi connectivity index (χ1v) is 7.30. The molecule has 0 atom stereocenters. The molecule has 2 rings (SSSR count). The number of nitrogen functional groups attached to an aromatic ring is 1. The molecule has 0 aliphatic heterocycles. The predicted octanol–water partition coefficient (Wildman–Crippen LogP) is 1.21. The largest absolute Gasteiger partial charge is 0.504 e. The Kier molecular flexibility index (Phi) is 2.85. The molecule has 1 aliphatic carbocycles. The number of aromatic hydroxyl groups is 1. The second-order valence-corrected chi connectivity index (χ2v) is 7.01. The fourth-order valence-electron chi connectivity index (χ4n) is 1.61. The van der Waals surface area contributed by atoms with Gasteiger partial charge in [-0.1, -0.05) is 6.42 Å². The van der Waals surface area contributed by atoms with Gasteiger partial charge < -0.3 is 10.8 Å². The van der Waals surface area contributed by atoms with Crippen molar-refractivity contribution in [2.45, 2.75) is 29.5 Å². The third kappa shape index (κ3) is 1.68. The summed E-state index contributed by atoms with van der Waals surface area (Å²) in [5.41, 5.74) is 5.55. The molecule has 0 saturated heterocycles. The van der Waals surface area contributed by atoms with Crippen molar-refractivity contribution in [2.75, 3.05) is 12.8 Å². The van der Waals surface area contributed by atoms with E-state index in [4.69, 9.17) is 5.73 Å². The average Bonchev–Trinajstić information content (AvgIpc) is 2.45. The van der Waals surface area contributed by atoms with Crippen molar-refractivity contribution >= 4 is 27.0 Å². The van der Waals surface area contributed by atoms with Gasteiger partial charge in [-0.25, -0.2) is 8.42 Å². The number of hydrogen-bond donors (Lipinski definition) is 2. The third-order valence-corrected chi connectivity index (χ3v) is 6.38. The van der Waals surface area contributed by atoms with Gasteiger partial charge in [-0.15, -0.1) is 11.3 Å². The molecular formula is C9H14N2O3S2. The second-order valence-electron chi connectivity index (χ2n) is 3.93. The molecular weight excluding hydrogens is 248 g/mol. The number of hydrogen-bond acceptors (Lipinski definition) is 5. The molecule has 1 aromatic heterocycles. The molecule has 0 aromatic carbocycles. The molecule has 3 N–H and O–H groups in total. The van der Waals surface area contributed by atoms with Gasteiger partial charge in [0.1, 0.15) is 0 Å². The lowest BCUT2D eigenvalue weighted by Crippen LogP contribution is -2.40. The van der Waals surface area contributed by atoms with Gasteiger partial charge in [-0.3, -0.25) is 0 Å². The molecule has 1 aliphatic rings. The number of nitrogens with two attached hydrogens (primary N) is 1. The van der Waals surface area contributed by atoms with Crippen molar-refractivity contribution in [3.63, 3.8) is 0 Å². The maximum atomic E-state index is 12.1. The molecule has 1 aromatic rings. The molecule has 1 fully saturated rings. The molecule has 16 heavy (non-hydrogen) atoms. The molecule has 7 heteroatoms. The van der Waals surface area contributed by atoms with E-state index in [1.807, 2.05) is 0 Å². The molecule has 0 radical (unpaired) electrons. The Bertz CT molecular complexity index is 491. The highest BCUT2D eigenvalue weighted by Crippen LogP contribution is 2.38. The average molecular weight is 262 g/mol. The van der Waals surface area contributed by atoms with E-state index >= 15 is 0 Å². The van der Waals surface area contributed by atoms with E-state index in [9.17, 15) is 13.5 Å². The number of anilines is 1. The molecule has 0 unspecified atom stereocenters. The Labute approximate surface area is 98.5 Å². The summed E-state index contributed by atoms with van der Waals surface area (Å²) in [4.78, 5) is 0. The third-order valence-electron chi connectivity index (χ3n) is 2.96. The van der Waals surface area contributed by atoms with Gasteiger partial charge in [-0.2, -0.15) is 4.31 Å². The standard InChI is InChI=1S/C9H14N2O3S2/c1-11(6-3-2-4-6)16(13,14)9-8(12)7(10)5-15-9/h5-6,12H,2-4,10H2,1H3. The fourth-order valence-corrected chi connectivity index (χ4v) is 4.39. The second kappa shape index (κ2) is 3.90. The monoisotopic (exact) mass is 262 g/mol. The first kappa shape index (κ1) is 11.7. The van der Waals surface area contributed by atoms with Crippen LogP contribution in [0.2, 0.25) is 0 Å². The quantitative estimate of drug-likeness (QED) is 0.857. The van der Waals surface area contributed by atoms with Crippen LogP contribution in [-0.2, 0) is 10.0 Å². The highest BCUT2D eigenvalue weighted by atomic mass is 32.2. The summed E-state index contributed by atoms with van der Waals surface area (Å²) in [6.07, 6.45) is 2.83. The molecule has 0 bridgehead atoms. The van der Waals surface area contributed by atoms with Gasteiger partial charge in [-0.05, 0) is 12.8 Å². The van der Waals surface area contributed by atoms with E-state index in [1.54, 1.807) is 7.05 Å². The van der Waals surface area contributed by atoms with E-state index in [-0.39, 0.29) is 21.7 Å². The van der Waals surface area contributed by atoms with Gasteiger partial charge in [0.2, 0.25) is 0 Å². The zero-order valence-corrected chi connectivity index (χ0v) is 10.5. The first-order chi connectivity index (χ1) is 7.44. The minimum Gasteiger partial charge on any atom is -0.504 e. The molecule has 0 amide bonds. The van der Waals surface area contributed by atoms with Crippen LogP contribution in [0, 0.1) is 0 Å². The number of rotatable bonds is 3. The SMILES string of the molecule is CN(C1CCC1)S(=O)(=O)c1scc(N)c1O. The lowest BCUT2D eigenvalue weighted by Gasteiger charge is -2.33. The van der Waals surface area contributed by atoms with Crippen LogP contribution in [0.4, 0.5) is 5.69 Å². The van der Waals surface area contributed by atoms with Crippen LogP contribution in [0.3, 0.4) is 0 Å². The molecule has 1 heterocycles. The maximum absolute atomic E-state index is 12.1. The van der Waals surface area contributed by atoms with Crippen molar-refractivity contribution in [3.05, 3.63) is 5.38 Å². The highest BCUT2D eigenvalue weighted by Gasteiger charge is 2.34. The van der Waals surface area contributed by atoms with Crippen molar-refractivity contribution in [3.8, 4) is 5.75 Å². The van der Waals surface area contributed by atoms with Crippen LogP contribution in [0.15, 0.2) is 9.59 Å². The van der Waals surface area contributed by atoms with Gasteiger partial charge in [0, 0.05) is 18.5 Å². The first-order valence-electron chi connectivity index (χ1n) is 4.98. The van der Waals surface area contributed by atoms with Crippen LogP contribution in [-0.4, -0.2) is 30.9 Å². The lowest BCUT2D eigenvalue weighted by atomic mass is 9.94. The van der Waals surface area contributed by atoms with Gasteiger partial charge >= 0.3 is 0 Å². The van der Waals surface area contributed by atoms with E-state index in [2.05, 4.69) is 0 Å². The van der Waals surface area contributed by atoms with E-state index in [1.165, 1.54) is 9.69 Å². The van der Waals surface area contributed by atoms with E-state index in [0.29, 0.717) is 0 Å². The fraction of sp³-hybridized carbons (Fsp3) is 0.556. The van der Waals surface area contributed by atoms with Crippen LogP contribution in [0.25, 0.3) is 0 Å². The lowest BCUT2D eigenvalue weighted by molar-refractivity contribution is 0.249.